The van der Waals surface area contributed by atoms with Crippen LogP contribution in [0.5, 0.6) is 0 Å². The van der Waals surface area contributed by atoms with E-state index in [0.717, 1.165) is 16.7 Å². The fourth-order valence-corrected chi connectivity index (χ4v) is 0.937. The van der Waals surface area contributed by atoms with Crippen LogP contribution in [0.1, 0.15) is 12.7 Å². The maximum absolute atomic E-state index is 5.57. The lowest BCUT2D eigenvalue weighted by atomic mass is 10.2. The number of rotatable bonds is 2. The van der Waals surface area contributed by atoms with Crippen molar-refractivity contribution in [3.63, 3.8) is 0 Å². The van der Waals surface area contributed by atoms with Gasteiger partial charge in [-0.05, 0) is 22.9 Å². The third-order valence-corrected chi connectivity index (χ3v) is 1.59. The number of halogens is 1. The highest BCUT2D eigenvalue weighted by atomic mass is 79.9. The summed E-state index contributed by atoms with van der Waals surface area (Å²) in [4.78, 5) is 8.16. The topological polar surface area (TPSA) is 51.8 Å². The fourth-order valence-electron chi connectivity index (χ4n) is 0.732. The highest BCUT2D eigenvalue weighted by Gasteiger charge is 1.99. The molecule has 0 spiro atoms. The zero-order valence-corrected chi connectivity index (χ0v) is 7.87. The van der Waals surface area contributed by atoms with Crippen molar-refractivity contribution in [3.8, 4) is 0 Å². The molecule has 0 aliphatic rings. The summed E-state index contributed by atoms with van der Waals surface area (Å²) in [5.74, 6) is 0.795. The lowest BCUT2D eigenvalue weighted by Gasteiger charge is -2.01. The van der Waals surface area contributed by atoms with Crippen LogP contribution >= 0.6 is 15.9 Å². The second-order valence-corrected chi connectivity index (χ2v) is 3.41. The van der Waals surface area contributed by atoms with E-state index in [1.54, 1.807) is 12.4 Å². The normalized spacial score (nSPS) is 13.0. The Morgan fingerprint density at radius 1 is 1.55 bits per heavy atom. The van der Waals surface area contributed by atoms with Crippen molar-refractivity contribution >= 4 is 15.9 Å². The molecule has 0 aromatic carbocycles. The van der Waals surface area contributed by atoms with Crippen LogP contribution in [-0.2, 0) is 6.42 Å². The quantitative estimate of drug-likeness (QED) is 0.806. The van der Waals surface area contributed by atoms with Crippen LogP contribution in [0.15, 0.2) is 16.9 Å². The molecule has 0 saturated carbocycles. The van der Waals surface area contributed by atoms with E-state index >= 15 is 0 Å². The van der Waals surface area contributed by atoms with Gasteiger partial charge < -0.3 is 5.73 Å². The molecule has 0 aliphatic heterocycles. The van der Waals surface area contributed by atoms with Crippen molar-refractivity contribution in [2.75, 3.05) is 0 Å². The van der Waals surface area contributed by atoms with Crippen LogP contribution < -0.4 is 5.73 Å². The molecule has 60 valence electrons. The number of hydrogen-bond donors (Lipinski definition) is 1. The summed E-state index contributed by atoms with van der Waals surface area (Å²) in [6, 6.07) is 0.121. The molecule has 0 fully saturated rings. The van der Waals surface area contributed by atoms with E-state index in [4.69, 9.17) is 5.73 Å². The minimum Gasteiger partial charge on any atom is -0.328 e. The van der Waals surface area contributed by atoms with Gasteiger partial charge in [-0.15, -0.1) is 0 Å². The maximum atomic E-state index is 5.57. The highest BCUT2D eigenvalue weighted by molar-refractivity contribution is 9.10. The first kappa shape index (κ1) is 8.62. The second kappa shape index (κ2) is 3.78. The Hall–Kier alpha value is -0.480. The maximum Gasteiger partial charge on any atom is 0.129 e. The molecule has 3 nitrogen and oxygen atoms in total. The van der Waals surface area contributed by atoms with E-state index in [1.807, 2.05) is 6.92 Å². The molecular weight excluding hydrogens is 206 g/mol. The monoisotopic (exact) mass is 215 g/mol. The van der Waals surface area contributed by atoms with E-state index in [1.165, 1.54) is 0 Å². The average molecular weight is 216 g/mol. The number of nitrogens with zero attached hydrogens (tertiary/aromatic N) is 2. The Bertz CT molecular complexity index is 220. The minimum absolute atomic E-state index is 0.121. The molecule has 1 aromatic rings. The summed E-state index contributed by atoms with van der Waals surface area (Å²) in [6.45, 7) is 1.94. The van der Waals surface area contributed by atoms with Gasteiger partial charge in [0, 0.05) is 24.9 Å². The molecule has 2 N–H and O–H groups in total. The average Bonchev–Trinajstić information content (AvgIpc) is 1.93. The molecule has 1 atom stereocenters. The highest BCUT2D eigenvalue weighted by Crippen LogP contribution is 2.04. The zero-order valence-electron chi connectivity index (χ0n) is 6.29. The van der Waals surface area contributed by atoms with Crippen LogP contribution in [0.3, 0.4) is 0 Å². The molecule has 1 heterocycles. The largest absolute Gasteiger partial charge is 0.328 e. The van der Waals surface area contributed by atoms with Crippen LogP contribution in [-0.4, -0.2) is 16.0 Å². The van der Waals surface area contributed by atoms with Crippen molar-refractivity contribution in [1.29, 1.82) is 0 Å². The van der Waals surface area contributed by atoms with Gasteiger partial charge in [0.2, 0.25) is 0 Å². The smallest absolute Gasteiger partial charge is 0.129 e. The Kier molecular flexibility index (Phi) is 2.96. The van der Waals surface area contributed by atoms with Crippen molar-refractivity contribution in [2.24, 2.45) is 5.73 Å². The van der Waals surface area contributed by atoms with Crippen molar-refractivity contribution in [3.05, 3.63) is 22.7 Å². The first-order chi connectivity index (χ1) is 5.18. The van der Waals surface area contributed by atoms with Crippen LogP contribution in [0, 0.1) is 0 Å². The van der Waals surface area contributed by atoms with Gasteiger partial charge in [0.1, 0.15) is 5.82 Å². The Labute approximate surface area is 74.2 Å². The lowest BCUT2D eigenvalue weighted by molar-refractivity contribution is 0.701. The third kappa shape index (κ3) is 2.95. The van der Waals surface area contributed by atoms with Gasteiger partial charge in [0.05, 0.1) is 4.47 Å². The van der Waals surface area contributed by atoms with Gasteiger partial charge in [-0.2, -0.15) is 0 Å². The fraction of sp³-hybridized carbons (Fsp3) is 0.429. The van der Waals surface area contributed by atoms with Crippen LogP contribution in [0.25, 0.3) is 0 Å². The van der Waals surface area contributed by atoms with Crippen LogP contribution in [0.2, 0.25) is 0 Å². The number of nitrogens with two attached hydrogens (primary N) is 1. The first-order valence-electron chi connectivity index (χ1n) is 3.40. The van der Waals surface area contributed by atoms with E-state index in [9.17, 15) is 0 Å². The van der Waals surface area contributed by atoms with Gasteiger partial charge in [-0.25, -0.2) is 9.97 Å². The van der Waals surface area contributed by atoms with Crippen molar-refractivity contribution in [2.45, 2.75) is 19.4 Å². The second-order valence-electron chi connectivity index (χ2n) is 2.50. The summed E-state index contributed by atoms with van der Waals surface area (Å²) in [5.41, 5.74) is 5.57. The summed E-state index contributed by atoms with van der Waals surface area (Å²) < 4.78 is 0.894. The number of aromatic nitrogens is 2. The molecule has 0 bridgehead atoms. The Balaban J connectivity index is 2.66. The summed E-state index contributed by atoms with van der Waals surface area (Å²) in [5, 5.41) is 0. The summed E-state index contributed by atoms with van der Waals surface area (Å²) in [7, 11) is 0. The molecule has 11 heavy (non-hydrogen) atoms. The summed E-state index contributed by atoms with van der Waals surface area (Å²) >= 11 is 3.26. The molecule has 0 amide bonds. The Morgan fingerprint density at radius 2 is 2.09 bits per heavy atom. The summed E-state index contributed by atoms with van der Waals surface area (Å²) in [6.07, 6.45) is 4.18. The SMILES string of the molecule is C[C@@H](N)Cc1ncc(Br)cn1. The van der Waals surface area contributed by atoms with Gasteiger partial charge in [-0.1, -0.05) is 0 Å². The molecule has 1 aromatic heterocycles. The molecule has 1 rings (SSSR count). The molecule has 0 radical (unpaired) electrons. The van der Waals surface area contributed by atoms with E-state index < -0.39 is 0 Å². The lowest BCUT2D eigenvalue weighted by Crippen LogP contribution is -2.19. The van der Waals surface area contributed by atoms with Crippen LogP contribution in [0.4, 0.5) is 0 Å². The molecule has 0 aliphatic carbocycles. The van der Waals surface area contributed by atoms with E-state index in [-0.39, 0.29) is 6.04 Å². The predicted molar refractivity (Wildman–Crippen MR) is 47.1 cm³/mol. The standard InChI is InChI=1S/C7H10BrN3/c1-5(9)2-7-10-3-6(8)4-11-7/h3-5H,2,9H2,1H3/t5-/m1/s1. The number of hydrogen-bond acceptors (Lipinski definition) is 3. The van der Waals surface area contributed by atoms with Gasteiger partial charge in [0.25, 0.3) is 0 Å². The van der Waals surface area contributed by atoms with E-state index in [2.05, 4.69) is 25.9 Å². The van der Waals surface area contributed by atoms with Gasteiger partial charge in [0.15, 0.2) is 0 Å². The molecule has 0 unspecified atom stereocenters. The minimum atomic E-state index is 0.121. The third-order valence-electron chi connectivity index (χ3n) is 1.18. The van der Waals surface area contributed by atoms with Gasteiger partial charge >= 0.3 is 0 Å². The predicted octanol–water partition coefficient (Wildman–Crippen LogP) is 1.13. The van der Waals surface area contributed by atoms with Crippen molar-refractivity contribution < 1.29 is 0 Å². The molecule has 0 saturated heterocycles. The van der Waals surface area contributed by atoms with Gasteiger partial charge in [-0.3, -0.25) is 0 Å². The molecular formula is C7H10BrN3. The first-order valence-corrected chi connectivity index (χ1v) is 4.20. The van der Waals surface area contributed by atoms with E-state index in [0.29, 0.717) is 0 Å². The Morgan fingerprint density at radius 3 is 2.55 bits per heavy atom. The zero-order chi connectivity index (χ0) is 8.27. The van der Waals surface area contributed by atoms with Crippen molar-refractivity contribution in [1.82, 2.24) is 9.97 Å². The molecule has 4 heteroatoms.